The van der Waals surface area contributed by atoms with Crippen molar-refractivity contribution in [1.29, 1.82) is 0 Å². The van der Waals surface area contributed by atoms with Crippen molar-refractivity contribution < 1.29 is 42.4 Å². The van der Waals surface area contributed by atoms with Crippen LogP contribution in [0.4, 0.5) is 13.2 Å². The van der Waals surface area contributed by atoms with Gasteiger partial charge in [0.05, 0.1) is 12.8 Å². The number of benzene rings is 2. The summed E-state index contributed by atoms with van der Waals surface area (Å²) in [5.74, 6) is -5.82. The van der Waals surface area contributed by atoms with Crippen molar-refractivity contribution in [2.45, 2.75) is 36.7 Å². The van der Waals surface area contributed by atoms with Crippen LogP contribution in [0.3, 0.4) is 0 Å². The predicted molar refractivity (Wildman–Crippen MR) is 107 cm³/mol. The van der Waals surface area contributed by atoms with Crippen molar-refractivity contribution in [3.8, 4) is 11.3 Å². The van der Waals surface area contributed by atoms with Gasteiger partial charge in [-0.25, -0.2) is 22.6 Å². The molecule has 178 valence electrons. The van der Waals surface area contributed by atoms with Crippen molar-refractivity contribution in [2.75, 3.05) is 6.61 Å². The molecule has 5 rings (SSSR count). The van der Waals surface area contributed by atoms with E-state index in [1.165, 1.54) is 6.20 Å². The first-order valence-corrected chi connectivity index (χ1v) is 10.3. The van der Waals surface area contributed by atoms with Crippen molar-refractivity contribution >= 4 is 5.97 Å². The molecule has 2 N–H and O–H groups in total. The van der Waals surface area contributed by atoms with Gasteiger partial charge in [-0.2, -0.15) is 0 Å². The minimum absolute atomic E-state index is 0.0207. The Morgan fingerprint density at radius 1 is 1.09 bits per heavy atom. The summed E-state index contributed by atoms with van der Waals surface area (Å²) in [6.45, 7) is -0.0207. The third kappa shape index (κ3) is 3.94. The molecule has 0 radical (unpaired) electrons. The number of nitrogens with zero attached hydrogens (tertiary/aromatic N) is 3. The normalized spacial score (nSPS) is 28.9. The quantitative estimate of drug-likeness (QED) is 0.550. The van der Waals surface area contributed by atoms with Gasteiger partial charge < -0.3 is 24.4 Å². The Morgan fingerprint density at radius 3 is 2.47 bits per heavy atom. The Bertz CT molecular complexity index is 1190. The van der Waals surface area contributed by atoms with Gasteiger partial charge >= 0.3 is 5.97 Å². The lowest BCUT2D eigenvalue weighted by Gasteiger charge is -2.47. The van der Waals surface area contributed by atoms with Gasteiger partial charge in [0.15, 0.2) is 29.8 Å². The van der Waals surface area contributed by atoms with Crippen LogP contribution in [0.2, 0.25) is 0 Å². The van der Waals surface area contributed by atoms with E-state index in [0.29, 0.717) is 5.56 Å². The van der Waals surface area contributed by atoms with Crippen molar-refractivity contribution in [3.63, 3.8) is 0 Å². The standard InChI is InChI=1S/C22H18F3N3O6/c23-12-6-11(7-13(24)16(12)25)14-8-28(27-26-14)17-18(29)20(21(30)31)33-15-9-32-22(34-19(15)17)10-4-2-1-3-5-10/h1-8,15,17-20,22,29H,9H2,(H,30,31)/t15-,17-,18-,19+,20-,22?/m1/s1. The molecule has 0 spiro atoms. The predicted octanol–water partition coefficient (Wildman–Crippen LogP) is 2.23. The molecule has 34 heavy (non-hydrogen) atoms. The number of hydrogen-bond donors (Lipinski definition) is 2. The lowest BCUT2D eigenvalue weighted by Crippen LogP contribution is -2.61. The zero-order chi connectivity index (χ0) is 24.0. The first-order valence-electron chi connectivity index (χ1n) is 10.3. The fraction of sp³-hybridized carbons (Fsp3) is 0.318. The van der Waals surface area contributed by atoms with E-state index >= 15 is 0 Å². The summed E-state index contributed by atoms with van der Waals surface area (Å²) in [6.07, 6.45) is -4.53. The van der Waals surface area contributed by atoms with Crippen molar-refractivity contribution in [1.82, 2.24) is 15.0 Å². The number of aliphatic hydroxyl groups is 1. The zero-order valence-corrected chi connectivity index (χ0v) is 17.3. The van der Waals surface area contributed by atoms with Crippen LogP contribution in [0.25, 0.3) is 11.3 Å². The molecule has 2 fully saturated rings. The molecule has 3 aromatic rings. The molecule has 9 nitrogen and oxygen atoms in total. The molecule has 0 bridgehead atoms. The summed E-state index contributed by atoms with van der Waals surface area (Å²) >= 11 is 0. The Hall–Kier alpha value is -3.32. The van der Waals surface area contributed by atoms with Crippen LogP contribution in [-0.2, 0) is 19.0 Å². The van der Waals surface area contributed by atoms with Crippen LogP contribution in [0.15, 0.2) is 48.7 Å². The largest absolute Gasteiger partial charge is 0.479 e. The summed E-state index contributed by atoms with van der Waals surface area (Å²) in [7, 11) is 0. The number of hydrogen-bond acceptors (Lipinski definition) is 7. The number of fused-ring (bicyclic) bond motifs is 1. The summed E-state index contributed by atoms with van der Waals surface area (Å²) in [5.41, 5.74) is 0.586. The van der Waals surface area contributed by atoms with E-state index in [2.05, 4.69) is 10.3 Å². The molecule has 12 heteroatoms. The highest BCUT2D eigenvalue weighted by Gasteiger charge is 2.53. The lowest BCUT2D eigenvalue weighted by atomic mass is 9.91. The Kier molecular flexibility index (Phi) is 5.81. The monoisotopic (exact) mass is 477 g/mol. The Labute approximate surface area is 190 Å². The summed E-state index contributed by atoms with van der Waals surface area (Å²) in [5, 5.41) is 28.2. The van der Waals surface area contributed by atoms with Crippen LogP contribution >= 0.6 is 0 Å². The number of carbonyl (C=O) groups is 1. The highest BCUT2D eigenvalue weighted by molar-refractivity contribution is 5.73. The van der Waals surface area contributed by atoms with Gasteiger partial charge in [0, 0.05) is 11.1 Å². The number of carboxylic acids is 1. The Morgan fingerprint density at radius 2 is 1.79 bits per heavy atom. The lowest BCUT2D eigenvalue weighted by molar-refractivity contribution is -0.314. The van der Waals surface area contributed by atoms with Crippen LogP contribution in [0, 0.1) is 17.5 Å². The van der Waals surface area contributed by atoms with E-state index < -0.39 is 60.2 Å². The second-order valence-electron chi connectivity index (χ2n) is 7.93. The first-order chi connectivity index (χ1) is 16.3. The number of aromatic nitrogens is 3. The number of carboxylic acid groups (broad SMARTS) is 1. The molecule has 0 aliphatic carbocycles. The van der Waals surface area contributed by atoms with E-state index in [0.717, 1.165) is 16.8 Å². The average Bonchev–Trinajstić information content (AvgIpc) is 3.31. The van der Waals surface area contributed by atoms with Gasteiger partial charge in [0.2, 0.25) is 0 Å². The fourth-order valence-electron chi connectivity index (χ4n) is 4.16. The average molecular weight is 477 g/mol. The number of rotatable bonds is 4. The SMILES string of the molecule is O=C(O)[C@@H]1O[C@@H]2COC(c3ccccc3)O[C@@H]2[C@H](n2cc(-c3cc(F)c(F)c(F)c3)nn2)[C@H]1O. The van der Waals surface area contributed by atoms with Gasteiger partial charge in [0.1, 0.15) is 30.0 Å². The zero-order valence-electron chi connectivity index (χ0n) is 17.3. The van der Waals surface area contributed by atoms with Crippen LogP contribution in [0.1, 0.15) is 17.9 Å². The van der Waals surface area contributed by atoms with E-state index in [-0.39, 0.29) is 17.9 Å². The maximum atomic E-state index is 13.7. The fourth-order valence-corrected chi connectivity index (χ4v) is 4.16. The number of aliphatic carboxylic acids is 1. The molecular formula is C22H18F3N3O6. The van der Waals surface area contributed by atoms with Crippen LogP contribution in [0.5, 0.6) is 0 Å². The molecule has 1 unspecified atom stereocenters. The highest BCUT2D eigenvalue weighted by Crippen LogP contribution is 2.39. The maximum Gasteiger partial charge on any atom is 0.335 e. The minimum Gasteiger partial charge on any atom is -0.479 e. The highest BCUT2D eigenvalue weighted by atomic mass is 19.2. The molecular weight excluding hydrogens is 459 g/mol. The van der Waals surface area contributed by atoms with Gasteiger partial charge in [-0.05, 0) is 12.1 Å². The van der Waals surface area contributed by atoms with Crippen LogP contribution in [-0.4, -0.2) is 62.2 Å². The molecule has 6 atom stereocenters. The number of aliphatic hydroxyl groups excluding tert-OH is 1. The topological polar surface area (TPSA) is 116 Å². The van der Waals surface area contributed by atoms with Gasteiger partial charge in [-0.1, -0.05) is 35.5 Å². The smallest absolute Gasteiger partial charge is 0.335 e. The molecule has 0 amide bonds. The molecule has 0 saturated carbocycles. The number of ether oxygens (including phenoxy) is 3. The van der Waals surface area contributed by atoms with E-state index in [9.17, 15) is 28.2 Å². The second kappa shape index (κ2) is 8.80. The van der Waals surface area contributed by atoms with E-state index in [4.69, 9.17) is 14.2 Å². The first kappa shape index (κ1) is 22.5. The van der Waals surface area contributed by atoms with E-state index in [1.54, 1.807) is 24.3 Å². The van der Waals surface area contributed by atoms with Crippen LogP contribution < -0.4 is 0 Å². The third-order valence-corrected chi connectivity index (χ3v) is 5.79. The second-order valence-corrected chi connectivity index (χ2v) is 7.93. The van der Waals surface area contributed by atoms with E-state index in [1.807, 2.05) is 6.07 Å². The maximum absolute atomic E-state index is 13.7. The third-order valence-electron chi connectivity index (χ3n) is 5.79. The van der Waals surface area contributed by atoms with Gasteiger partial charge in [-0.15, -0.1) is 5.10 Å². The molecule has 2 aromatic carbocycles. The van der Waals surface area contributed by atoms with Crippen molar-refractivity contribution in [3.05, 3.63) is 71.7 Å². The Balaban J connectivity index is 1.50. The molecule has 2 saturated heterocycles. The molecule has 3 heterocycles. The van der Waals surface area contributed by atoms with Crippen molar-refractivity contribution in [2.24, 2.45) is 0 Å². The molecule has 1 aromatic heterocycles. The summed E-state index contributed by atoms with van der Waals surface area (Å²) in [4.78, 5) is 11.7. The van der Waals surface area contributed by atoms with Gasteiger partial charge in [0.25, 0.3) is 0 Å². The van der Waals surface area contributed by atoms with Gasteiger partial charge in [-0.3, -0.25) is 0 Å². The molecule has 2 aliphatic heterocycles. The summed E-state index contributed by atoms with van der Waals surface area (Å²) in [6, 6.07) is 9.40. The summed E-state index contributed by atoms with van der Waals surface area (Å²) < 4.78 is 59.2. The number of halogens is 3. The minimum atomic E-state index is -1.62. The molecule has 2 aliphatic rings.